The van der Waals surface area contributed by atoms with E-state index < -0.39 is 22.0 Å². The molecule has 0 aromatic heterocycles. The van der Waals surface area contributed by atoms with Crippen molar-refractivity contribution in [2.24, 2.45) is 0 Å². The Balaban J connectivity index is 4.24. The number of esters is 1. The summed E-state index contributed by atoms with van der Waals surface area (Å²) in [5, 5.41) is 0. The Kier molecular flexibility index (Phi) is 5.40. The fourth-order valence-electron chi connectivity index (χ4n) is 0.788. The molecule has 1 atom stereocenters. The quantitative estimate of drug-likeness (QED) is 0.508. The van der Waals surface area contributed by atoms with Crippen LogP contribution in [0.3, 0.4) is 0 Å². The molecule has 0 bridgehead atoms. The highest BCUT2D eigenvalue weighted by Gasteiger charge is 2.19. The fraction of sp³-hybridized carbons (Fsp3) is 0.625. The smallest absolute Gasteiger partial charge is 0.323 e. The van der Waals surface area contributed by atoms with Crippen LogP contribution in [0.5, 0.6) is 0 Å². The molecule has 0 amide bonds. The first kappa shape index (κ1) is 13.1. The molecule has 14 heavy (non-hydrogen) atoms. The largest absolute Gasteiger partial charge is 0.465 e. The second kappa shape index (κ2) is 5.77. The molecular weight excluding hydrogens is 206 g/mol. The average Bonchev–Trinajstić information content (AvgIpc) is 2.03. The molecule has 0 aromatic carbocycles. The third kappa shape index (κ3) is 4.98. The first-order chi connectivity index (χ1) is 6.43. The van der Waals surface area contributed by atoms with Gasteiger partial charge in [0.15, 0.2) is 0 Å². The number of hydrogen-bond donors (Lipinski definition) is 1. The van der Waals surface area contributed by atoms with Gasteiger partial charge in [0.25, 0.3) is 0 Å². The maximum absolute atomic E-state index is 11.2. The molecule has 0 spiro atoms. The van der Waals surface area contributed by atoms with Gasteiger partial charge in [-0.25, -0.2) is 13.1 Å². The molecule has 82 valence electrons. The highest BCUT2D eigenvalue weighted by Crippen LogP contribution is 1.93. The normalized spacial score (nSPS) is 13.3. The molecule has 1 unspecified atom stereocenters. The van der Waals surface area contributed by atoms with E-state index in [1.165, 1.54) is 13.0 Å². The first-order valence-electron chi connectivity index (χ1n) is 4.20. The third-order valence-electron chi connectivity index (χ3n) is 1.33. The van der Waals surface area contributed by atoms with Gasteiger partial charge >= 0.3 is 5.97 Å². The highest BCUT2D eigenvalue weighted by atomic mass is 32.2. The SMILES string of the molecule is C=CCS(=O)(=O)NC(C)C(=O)OCC. The van der Waals surface area contributed by atoms with E-state index in [0.717, 1.165) is 0 Å². The molecule has 0 fully saturated rings. The van der Waals surface area contributed by atoms with Crippen molar-refractivity contribution in [1.29, 1.82) is 0 Å². The zero-order valence-electron chi connectivity index (χ0n) is 8.32. The van der Waals surface area contributed by atoms with Gasteiger partial charge < -0.3 is 4.74 Å². The zero-order chi connectivity index (χ0) is 11.2. The van der Waals surface area contributed by atoms with E-state index in [9.17, 15) is 13.2 Å². The van der Waals surface area contributed by atoms with Crippen LogP contribution in [-0.4, -0.2) is 32.8 Å². The summed E-state index contributed by atoms with van der Waals surface area (Å²) in [5.74, 6) is -0.795. The minimum atomic E-state index is -3.46. The van der Waals surface area contributed by atoms with Crippen molar-refractivity contribution in [3.05, 3.63) is 12.7 Å². The summed E-state index contributed by atoms with van der Waals surface area (Å²) in [5.41, 5.74) is 0. The molecule has 5 nitrogen and oxygen atoms in total. The predicted octanol–water partition coefficient (Wildman–Crippen LogP) is 0.0434. The van der Waals surface area contributed by atoms with Crippen LogP contribution in [0, 0.1) is 0 Å². The van der Waals surface area contributed by atoms with Crippen molar-refractivity contribution in [3.63, 3.8) is 0 Å². The molecule has 0 aromatic rings. The molecule has 6 heteroatoms. The van der Waals surface area contributed by atoms with Crippen LogP contribution in [-0.2, 0) is 19.6 Å². The topological polar surface area (TPSA) is 72.5 Å². The Bertz CT molecular complexity index is 296. The number of carbonyl (C=O) groups is 1. The van der Waals surface area contributed by atoms with Crippen LogP contribution in [0.1, 0.15) is 13.8 Å². The van der Waals surface area contributed by atoms with E-state index in [-0.39, 0.29) is 12.4 Å². The molecule has 0 heterocycles. The Morgan fingerprint density at radius 1 is 1.64 bits per heavy atom. The van der Waals surface area contributed by atoms with Gasteiger partial charge in [0.2, 0.25) is 10.0 Å². The lowest BCUT2D eigenvalue weighted by Crippen LogP contribution is -2.40. The molecular formula is C8H15NO4S. The van der Waals surface area contributed by atoms with Crippen molar-refractivity contribution in [2.45, 2.75) is 19.9 Å². The Labute approximate surface area is 84.2 Å². The predicted molar refractivity (Wildman–Crippen MR) is 53.2 cm³/mol. The van der Waals surface area contributed by atoms with Gasteiger partial charge in [-0.1, -0.05) is 6.08 Å². The Hall–Kier alpha value is -0.880. The van der Waals surface area contributed by atoms with Crippen molar-refractivity contribution in [3.8, 4) is 0 Å². The fourth-order valence-corrected chi connectivity index (χ4v) is 1.83. The monoisotopic (exact) mass is 221 g/mol. The van der Waals surface area contributed by atoms with Crippen molar-refractivity contribution in [1.82, 2.24) is 4.72 Å². The lowest BCUT2D eigenvalue weighted by atomic mass is 10.4. The molecule has 0 aliphatic carbocycles. The third-order valence-corrected chi connectivity index (χ3v) is 2.72. The standard InChI is InChI=1S/C8H15NO4S/c1-4-6-14(11,12)9-7(3)8(10)13-5-2/h4,7,9H,1,5-6H2,2-3H3. The highest BCUT2D eigenvalue weighted by molar-refractivity contribution is 7.89. The molecule has 1 N–H and O–H groups in total. The molecule has 0 aliphatic heterocycles. The summed E-state index contributed by atoms with van der Waals surface area (Å²) in [6.45, 7) is 6.61. The lowest BCUT2D eigenvalue weighted by molar-refractivity contribution is -0.144. The van der Waals surface area contributed by atoms with Crippen LogP contribution in [0.4, 0.5) is 0 Å². The average molecular weight is 221 g/mol. The van der Waals surface area contributed by atoms with E-state index in [1.807, 2.05) is 0 Å². The van der Waals surface area contributed by atoms with Gasteiger partial charge in [-0.3, -0.25) is 4.79 Å². The summed E-state index contributed by atoms with van der Waals surface area (Å²) >= 11 is 0. The summed E-state index contributed by atoms with van der Waals surface area (Å²) in [6, 6.07) is -0.861. The van der Waals surface area contributed by atoms with Crippen molar-refractivity contribution < 1.29 is 17.9 Å². The Morgan fingerprint density at radius 3 is 2.64 bits per heavy atom. The summed E-state index contributed by atoms with van der Waals surface area (Å²) in [4.78, 5) is 11.1. The molecule has 0 saturated heterocycles. The summed E-state index contributed by atoms with van der Waals surface area (Å²) in [7, 11) is -3.46. The molecule has 0 radical (unpaired) electrons. The van der Waals surface area contributed by atoms with Gasteiger partial charge in [-0.15, -0.1) is 6.58 Å². The lowest BCUT2D eigenvalue weighted by Gasteiger charge is -2.11. The maximum Gasteiger partial charge on any atom is 0.323 e. The van der Waals surface area contributed by atoms with Crippen LogP contribution in [0.15, 0.2) is 12.7 Å². The van der Waals surface area contributed by atoms with Gasteiger partial charge in [0.1, 0.15) is 6.04 Å². The summed E-state index contributed by atoms with van der Waals surface area (Å²) < 4.78 is 29.1. The van der Waals surface area contributed by atoms with E-state index in [4.69, 9.17) is 0 Å². The summed E-state index contributed by atoms with van der Waals surface area (Å²) in [6.07, 6.45) is 1.25. The van der Waals surface area contributed by atoms with Crippen molar-refractivity contribution in [2.75, 3.05) is 12.4 Å². The zero-order valence-corrected chi connectivity index (χ0v) is 9.13. The second-order valence-corrected chi connectivity index (χ2v) is 4.46. The minimum Gasteiger partial charge on any atom is -0.465 e. The maximum atomic E-state index is 11.2. The number of hydrogen-bond acceptors (Lipinski definition) is 4. The molecule has 0 aliphatic rings. The first-order valence-corrected chi connectivity index (χ1v) is 5.85. The van der Waals surface area contributed by atoms with E-state index in [1.54, 1.807) is 6.92 Å². The van der Waals surface area contributed by atoms with Crippen LogP contribution < -0.4 is 4.72 Å². The van der Waals surface area contributed by atoms with Crippen LogP contribution in [0.25, 0.3) is 0 Å². The van der Waals surface area contributed by atoms with Gasteiger partial charge in [-0.05, 0) is 13.8 Å². The number of nitrogens with one attached hydrogen (secondary N) is 1. The minimum absolute atomic E-state index is 0.212. The molecule has 0 saturated carbocycles. The number of ether oxygens (including phenoxy) is 1. The van der Waals surface area contributed by atoms with Crippen LogP contribution >= 0.6 is 0 Å². The second-order valence-electron chi connectivity index (χ2n) is 2.66. The van der Waals surface area contributed by atoms with Gasteiger partial charge in [-0.2, -0.15) is 0 Å². The van der Waals surface area contributed by atoms with Gasteiger partial charge in [0, 0.05) is 0 Å². The Morgan fingerprint density at radius 2 is 2.21 bits per heavy atom. The van der Waals surface area contributed by atoms with Crippen molar-refractivity contribution >= 4 is 16.0 Å². The van der Waals surface area contributed by atoms with E-state index in [0.29, 0.717) is 0 Å². The van der Waals surface area contributed by atoms with Gasteiger partial charge in [0.05, 0.1) is 12.4 Å². The molecule has 0 rings (SSSR count). The van der Waals surface area contributed by atoms with Crippen LogP contribution in [0.2, 0.25) is 0 Å². The number of carbonyl (C=O) groups excluding carboxylic acids is 1. The number of sulfonamides is 1. The number of rotatable bonds is 6. The van der Waals surface area contributed by atoms with E-state index in [2.05, 4.69) is 16.0 Å². The van der Waals surface area contributed by atoms with E-state index >= 15 is 0 Å².